The molecule has 0 bridgehead atoms. The molecule has 1 rings (SSSR count). The zero-order valence-corrected chi connectivity index (χ0v) is 10.2. The van der Waals surface area contributed by atoms with Crippen LogP contribution in [0.15, 0.2) is 6.07 Å². The first-order valence-corrected chi connectivity index (χ1v) is 5.45. The third-order valence-corrected chi connectivity index (χ3v) is 1.81. The quantitative estimate of drug-likeness (QED) is 0.781. The van der Waals surface area contributed by atoms with Gasteiger partial charge in [0.15, 0.2) is 0 Å². The molecule has 6 nitrogen and oxygen atoms in total. The topological polar surface area (TPSA) is 84.3 Å². The van der Waals surface area contributed by atoms with E-state index in [0.29, 0.717) is 18.4 Å². The molecule has 0 radical (unpaired) electrons. The molecule has 0 amide bonds. The molecule has 17 heavy (non-hydrogen) atoms. The molecule has 0 fully saturated rings. The molecule has 0 spiro atoms. The summed E-state index contributed by atoms with van der Waals surface area (Å²) in [5.41, 5.74) is 0.772. The number of aryl methyl sites for hydroxylation is 1. The fraction of sp³-hybridized carbons (Fsp3) is 0.545. The van der Waals surface area contributed by atoms with Crippen molar-refractivity contribution in [2.45, 2.75) is 33.3 Å². The number of carboxylic acid groups (broad SMARTS) is 1. The van der Waals surface area contributed by atoms with Gasteiger partial charge in [0.2, 0.25) is 11.8 Å². The third kappa shape index (κ3) is 5.14. The molecular formula is C11H17N3O3. The first-order chi connectivity index (χ1) is 7.97. The maximum Gasteiger partial charge on any atom is 0.305 e. The lowest BCUT2D eigenvalue weighted by molar-refractivity contribution is -0.136. The predicted molar refractivity (Wildman–Crippen MR) is 63.3 cm³/mol. The van der Waals surface area contributed by atoms with Gasteiger partial charge in [-0.3, -0.25) is 4.79 Å². The standard InChI is InChI=1S/C11H17N3O3/c1-7(2)17-9-6-8(3)13-11(14-9)12-5-4-10(15)16/h6-7H,4-5H2,1-3H3,(H,15,16)(H,12,13,14). The Morgan fingerprint density at radius 1 is 1.53 bits per heavy atom. The number of nitrogens with one attached hydrogen (secondary N) is 1. The average Bonchev–Trinajstić information content (AvgIpc) is 2.14. The molecule has 0 aliphatic heterocycles. The van der Waals surface area contributed by atoms with Gasteiger partial charge in [-0.15, -0.1) is 0 Å². The summed E-state index contributed by atoms with van der Waals surface area (Å²) >= 11 is 0. The van der Waals surface area contributed by atoms with Crippen molar-refractivity contribution in [1.82, 2.24) is 9.97 Å². The number of anilines is 1. The van der Waals surface area contributed by atoms with E-state index >= 15 is 0 Å². The molecule has 0 aromatic carbocycles. The number of aromatic nitrogens is 2. The highest BCUT2D eigenvalue weighted by Gasteiger charge is 2.05. The first-order valence-electron chi connectivity index (χ1n) is 5.45. The lowest BCUT2D eigenvalue weighted by atomic mass is 10.4. The molecule has 0 saturated heterocycles. The van der Waals surface area contributed by atoms with Crippen molar-refractivity contribution in [3.8, 4) is 5.88 Å². The van der Waals surface area contributed by atoms with Crippen molar-refractivity contribution in [2.24, 2.45) is 0 Å². The number of ether oxygens (including phenoxy) is 1. The summed E-state index contributed by atoms with van der Waals surface area (Å²) in [5, 5.41) is 11.4. The van der Waals surface area contributed by atoms with Crippen molar-refractivity contribution in [1.29, 1.82) is 0 Å². The maximum atomic E-state index is 10.4. The molecule has 94 valence electrons. The fourth-order valence-corrected chi connectivity index (χ4v) is 1.20. The zero-order valence-electron chi connectivity index (χ0n) is 10.2. The minimum atomic E-state index is -0.858. The summed E-state index contributed by atoms with van der Waals surface area (Å²) < 4.78 is 5.46. The van der Waals surface area contributed by atoms with Gasteiger partial charge in [-0.25, -0.2) is 4.98 Å². The van der Waals surface area contributed by atoms with Crippen molar-refractivity contribution >= 4 is 11.9 Å². The van der Waals surface area contributed by atoms with Crippen LogP contribution in [0.25, 0.3) is 0 Å². The predicted octanol–water partition coefficient (Wildman–Crippen LogP) is 1.46. The fourth-order valence-electron chi connectivity index (χ4n) is 1.20. The second-order valence-electron chi connectivity index (χ2n) is 3.91. The van der Waals surface area contributed by atoms with Gasteiger partial charge < -0.3 is 15.2 Å². The van der Waals surface area contributed by atoms with E-state index in [4.69, 9.17) is 9.84 Å². The summed E-state index contributed by atoms with van der Waals surface area (Å²) in [6, 6.07) is 1.74. The monoisotopic (exact) mass is 239 g/mol. The molecule has 0 aliphatic carbocycles. The molecule has 6 heteroatoms. The summed E-state index contributed by atoms with van der Waals surface area (Å²) in [5.74, 6) is 0.0241. The molecule has 1 aromatic heterocycles. The number of aliphatic carboxylic acids is 1. The van der Waals surface area contributed by atoms with E-state index in [1.165, 1.54) is 0 Å². The van der Waals surface area contributed by atoms with Crippen molar-refractivity contribution in [2.75, 3.05) is 11.9 Å². The highest BCUT2D eigenvalue weighted by Crippen LogP contribution is 2.13. The van der Waals surface area contributed by atoms with Crippen molar-refractivity contribution in [3.05, 3.63) is 11.8 Å². The van der Waals surface area contributed by atoms with Crippen LogP contribution < -0.4 is 10.1 Å². The number of hydrogen-bond donors (Lipinski definition) is 2. The largest absolute Gasteiger partial charge is 0.481 e. The maximum absolute atomic E-state index is 10.4. The van der Waals surface area contributed by atoms with Crippen LogP contribution in [0.3, 0.4) is 0 Å². The van der Waals surface area contributed by atoms with Crippen LogP contribution in [-0.4, -0.2) is 33.7 Å². The van der Waals surface area contributed by atoms with Crippen LogP contribution in [-0.2, 0) is 4.79 Å². The lowest BCUT2D eigenvalue weighted by Gasteiger charge is -2.11. The van der Waals surface area contributed by atoms with E-state index in [2.05, 4.69) is 15.3 Å². The minimum absolute atomic E-state index is 0.0255. The van der Waals surface area contributed by atoms with Crippen molar-refractivity contribution in [3.63, 3.8) is 0 Å². The normalized spacial score (nSPS) is 10.4. The molecule has 0 atom stereocenters. The number of carbonyl (C=O) groups is 1. The molecule has 1 aromatic rings. The number of nitrogens with zero attached hydrogens (tertiary/aromatic N) is 2. The molecule has 0 saturated carbocycles. The highest BCUT2D eigenvalue weighted by molar-refractivity contribution is 5.67. The molecule has 2 N–H and O–H groups in total. The van der Waals surface area contributed by atoms with Gasteiger partial charge in [-0.2, -0.15) is 4.98 Å². The Hall–Kier alpha value is -1.85. The van der Waals surface area contributed by atoms with E-state index in [9.17, 15) is 4.79 Å². The highest BCUT2D eigenvalue weighted by atomic mass is 16.5. The second-order valence-corrected chi connectivity index (χ2v) is 3.91. The van der Waals surface area contributed by atoms with Crippen molar-refractivity contribution < 1.29 is 14.6 Å². The summed E-state index contributed by atoms with van der Waals surface area (Å²) in [7, 11) is 0. The van der Waals surface area contributed by atoms with E-state index in [-0.39, 0.29) is 12.5 Å². The van der Waals surface area contributed by atoms with Gasteiger partial charge in [-0.05, 0) is 20.8 Å². The Balaban J connectivity index is 2.65. The first kappa shape index (κ1) is 13.2. The van der Waals surface area contributed by atoms with E-state index in [0.717, 1.165) is 5.69 Å². The Labute approximate surface area is 100 Å². The van der Waals surface area contributed by atoms with Gasteiger partial charge in [0.1, 0.15) is 0 Å². The van der Waals surface area contributed by atoms with Gasteiger partial charge in [0.25, 0.3) is 0 Å². The van der Waals surface area contributed by atoms with Crippen LogP contribution >= 0.6 is 0 Å². The average molecular weight is 239 g/mol. The third-order valence-electron chi connectivity index (χ3n) is 1.81. The number of carboxylic acids is 1. The number of rotatable bonds is 6. The van der Waals surface area contributed by atoms with E-state index in [1.54, 1.807) is 6.07 Å². The van der Waals surface area contributed by atoms with Gasteiger partial charge in [0, 0.05) is 18.3 Å². The Morgan fingerprint density at radius 2 is 2.24 bits per heavy atom. The van der Waals surface area contributed by atoms with Crippen LogP contribution in [0, 0.1) is 6.92 Å². The Morgan fingerprint density at radius 3 is 2.82 bits per heavy atom. The SMILES string of the molecule is Cc1cc(OC(C)C)nc(NCCC(=O)O)n1. The van der Waals surface area contributed by atoms with Crippen LogP contribution in [0.2, 0.25) is 0 Å². The summed E-state index contributed by atoms with van der Waals surface area (Å²) in [6.45, 7) is 5.95. The van der Waals surface area contributed by atoms with Gasteiger partial charge >= 0.3 is 5.97 Å². The van der Waals surface area contributed by atoms with Crippen LogP contribution in [0.4, 0.5) is 5.95 Å². The van der Waals surface area contributed by atoms with Crippen LogP contribution in [0.5, 0.6) is 5.88 Å². The Kier molecular flexibility index (Phi) is 4.68. The smallest absolute Gasteiger partial charge is 0.305 e. The second kappa shape index (κ2) is 6.03. The summed E-state index contributed by atoms with van der Waals surface area (Å²) in [4.78, 5) is 18.6. The van der Waals surface area contributed by atoms with Gasteiger partial charge in [-0.1, -0.05) is 0 Å². The summed E-state index contributed by atoms with van der Waals surface area (Å²) in [6.07, 6.45) is 0.0636. The molecule has 0 unspecified atom stereocenters. The number of hydrogen-bond acceptors (Lipinski definition) is 5. The minimum Gasteiger partial charge on any atom is -0.481 e. The molecular weight excluding hydrogens is 222 g/mol. The van der Waals surface area contributed by atoms with Gasteiger partial charge in [0.05, 0.1) is 12.5 Å². The van der Waals surface area contributed by atoms with E-state index < -0.39 is 5.97 Å². The lowest BCUT2D eigenvalue weighted by Crippen LogP contribution is -2.12. The van der Waals surface area contributed by atoms with Crippen LogP contribution in [0.1, 0.15) is 26.0 Å². The zero-order chi connectivity index (χ0) is 12.8. The molecule has 0 aliphatic rings. The van der Waals surface area contributed by atoms with E-state index in [1.807, 2.05) is 20.8 Å². The molecule has 1 heterocycles. The Bertz CT molecular complexity index is 394.